The van der Waals surface area contributed by atoms with Gasteiger partial charge in [-0.3, -0.25) is 9.78 Å². The van der Waals surface area contributed by atoms with Gasteiger partial charge in [-0.05, 0) is 53.8 Å². The van der Waals surface area contributed by atoms with Crippen LogP contribution in [0.3, 0.4) is 0 Å². The first-order valence-corrected chi connectivity index (χ1v) is 8.34. The standard InChI is InChI=1S/C14H14INO3S/c1-2-18-14(17)8-20-9-19-12-3-4-13-10(6-12)5-11(15)7-16-13/h3-7H,2,8-9H2,1H3. The molecule has 1 aromatic carbocycles. The lowest BCUT2D eigenvalue weighted by molar-refractivity contribution is -0.139. The fourth-order valence-electron chi connectivity index (χ4n) is 1.61. The molecule has 0 aliphatic heterocycles. The van der Waals surface area contributed by atoms with Crippen LogP contribution in [0.25, 0.3) is 10.9 Å². The van der Waals surface area contributed by atoms with E-state index in [2.05, 4.69) is 33.6 Å². The van der Waals surface area contributed by atoms with Gasteiger partial charge in [-0.15, -0.1) is 11.8 Å². The molecule has 0 amide bonds. The van der Waals surface area contributed by atoms with Gasteiger partial charge in [0, 0.05) is 15.2 Å². The molecule has 20 heavy (non-hydrogen) atoms. The summed E-state index contributed by atoms with van der Waals surface area (Å²) in [4.78, 5) is 15.5. The number of hydrogen-bond acceptors (Lipinski definition) is 5. The van der Waals surface area contributed by atoms with Crippen molar-refractivity contribution in [1.29, 1.82) is 0 Å². The average molecular weight is 403 g/mol. The van der Waals surface area contributed by atoms with Crippen LogP contribution in [0, 0.1) is 3.57 Å². The second-order valence-corrected chi connectivity index (χ2v) is 6.10. The Morgan fingerprint density at radius 1 is 1.40 bits per heavy atom. The smallest absolute Gasteiger partial charge is 0.316 e. The molecule has 0 radical (unpaired) electrons. The third-order valence-corrected chi connectivity index (χ3v) is 3.77. The van der Waals surface area contributed by atoms with E-state index in [1.54, 1.807) is 6.92 Å². The van der Waals surface area contributed by atoms with E-state index in [4.69, 9.17) is 9.47 Å². The molecule has 0 spiro atoms. The molecule has 1 heterocycles. The molecule has 1 aromatic heterocycles. The van der Waals surface area contributed by atoms with Gasteiger partial charge in [0.25, 0.3) is 0 Å². The lowest BCUT2D eigenvalue weighted by atomic mass is 10.2. The summed E-state index contributed by atoms with van der Waals surface area (Å²) in [6.07, 6.45) is 1.83. The van der Waals surface area contributed by atoms with Gasteiger partial charge in [-0.2, -0.15) is 0 Å². The number of nitrogens with zero attached hydrogens (tertiary/aromatic N) is 1. The summed E-state index contributed by atoms with van der Waals surface area (Å²) in [5.74, 6) is 1.29. The minimum absolute atomic E-state index is 0.210. The first kappa shape index (κ1) is 15.4. The van der Waals surface area contributed by atoms with E-state index in [0.29, 0.717) is 18.3 Å². The maximum atomic E-state index is 11.2. The van der Waals surface area contributed by atoms with Crippen LogP contribution in [0.5, 0.6) is 5.75 Å². The molecule has 4 nitrogen and oxygen atoms in total. The monoisotopic (exact) mass is 403 g/mol. The fourth-order valence-corrected chi connectivity index (χ4v) is 2.64. The van der Waals surface area contributed by atoms with Crippen molar-refractivity contribution in [1.82, 2.24) is 4.98 Å². The number of carbonyl (C=O) groups excluding carboxylic acids is 1. The highest BCUT2D eigenvalue weighted by Gasteiger charge is 2.03. The third-order valence-electron chi connectivity index (χ3n) is 2.45. The Bertz CT molecular complexity index is 606. The molecule has 0 N–H and O–H groups in total. The normalized spacial score (nSPS) is 10.5. The summed E-state index contributed by atoms with van der Waals surface area (Å²) in [7, 11) is 0. The highest BCUT2D eigenvalue weighted by atomic mass is 127. The van der Waals surface area contributed by atoms with Crippen LogP contribution in [-0.2, 0) is 9.53 Å². The second kappa shape index (κ2) is 7.68. The maximum Gasteiger partial charge on any atom is 0.316 e. The van der Waals surface area contributed by atoms with Gasteiger partial charge in [0.05, 0.1) is 17.9 Å². The second-order valence-electron chi connectivity index (χ2n) is 3.92. The van der Waals surface area contributed by atoms with Crippen LogP contribution in [-0.4, -0.2) is 29.3 Å². The number of ether oxygens (including phenoxy) is 2. The Hall–Kier alpha value is -1.02. The lowest BCUT2D eigenvalue weighted by Gasteiger charge is -2.07. The van der Waals surface area contributed by atoms with Crippen LogP contribution < -0.4 is 4.74 Å². The van der Waals surface area contributed by atoms with Gasteiger partial charge in [0.15, 0.2) is 0 Å². The number of hydrogen-bond donors (Lipinski definition) is 0. The first-order valence-electron chi connectivity index (χ1n) is 6.10. The molecule has 0 bridgehead atoms. The van der Waals surface area contributed by atoms with Crippen molar-refractivity contribution >= 4 is 51.2 Å². The summed E-state index contributed by atoms with van der Waals surface area (Å²) in [5.41, 5.74) is 0.942. The quantitative estimate of drug-likeness (QED) is 0.320. The predicted molar refractivity (Wildman–Crippen MR) is 89.0 cm³/mol. The average Bonchev–Trinajstić information content (AvgIpc) is 2.43. The van der Waals surface area contributed by atoms with Crippen molar-refractivity contribution in [3.8, 4) is 5.75 Å². The predicted octanol–water partition coefficient (Wildman–Crippen LogP) is 3.47. The van der Waals surface area contributed by atoms with Gasteiger partial charge >= 0.3 is 5.97 Å². The number of aromatic nitrogens is 1. The Kier molecular flexibility index (Phi) is 5.90. The fraction of sp³-hybridized carbons (Fsp3) is 0.286. The van der Waals surface area contributed by atoms with Crippen molar-refractivity contribution in [3.05, 3.63) is 34.0 Å². The number of halogens is 1. The zero-order valence-corrected chi connectivity index (χ0v) is 13.9. The molecule has 0 atom stereocenters. The Morgan fingerprint density at radius 2 is 2.25 bits per heavy atom. The van der Waals surface area contributed by atoms with Gasteiger partial charge in [-0.25, -0.2) is 0 Å². The molecule has 0 unspecified atom stereocenters. The van der Waals surface area contributed by atoms with Gasteiger partial charge < -0.3 is 9.47 Å². The van der Waals surface area contributed by atoms with Crippen molar-refractivity contribution in [2.75, 3.05) is 18.3 Å². The Balaban J connectivity index is 1.88. The van der Waals surface area contributed by atoms with E-state index in [-0.39, 0.29) is 5.97 Å². The van der Waals surface area contributed by atoms with Crippen LogP contribution in [0.2, 0.25) is 0 Å². The summed E-state index contributed by atoms with van der Waals surface area (Å²) in [6, 6.07) is 7.82. The number of rotatable bonds is 6. The van der Waals surface area contributed by atoms with Gasteiger partial charge in [-0.1, -0.05) is 0 Å². The molecular formula is C14H14INO3S. The molecule has 0 saturated carbocycles. The molecule has 0 saturated heterocycles. The molecule has 2 rings (SSSR count). The molecule has 0 aliphatic carbocycles. The molecule has 6 heteroatoms. The number of fused-ring (bicyclic) bond motifs is 1. The molecule has 106 valence electrons. The topological polar surface area (TPSA) is 48.4 Å². The largest absolute Gasteiger partial charge is 0.483 e. The number of carbonyl (C=O) groups is 1. The molecule has 2 aromatic rings. The number of thioether (sulfide) groups is 1. The summed E-state index contributed by atoms with van der Waals surface area (Å²) in [5, 5.41) is 1.05. The van der Waals surface area contributed by atoms with Crippen LogP contribution in [0.1, 0.15) is 6.92 Å². The van der Waals surface area contributed by atoms with Gasteiger partial charge in [0.2, 0.25) is 0 Å². The van der Waals surface area contributed by atoms with Crippen LogP contribution in [0.15, 0.2) is 30.5 Å². The summed E-state index contributed by atoms with van der Waals surface area (Å²) in [6.45, 7) is 2.21. The van der Waals surface area contributed by atoms with Crippen molar-refractivity contribution in [3.63, 3.8) is 0 Å². The van der Waals surface area contributed by atoms with E-state index in [1.165, 1.54) is 11.8 Å². The zero-order valence-electron chi connectivity index (χ0n) is 11.0. The zero-order chi connectivity index (χ0) is 14.4. The van der Waals surface area contributed by atoms with Crippen molar-refractivity contribution in [2.24, 2.45) is 0 Å². The number of pyridine rings is 1. The highest BCUT2D eigenvalue weighted by Crippen LogP contribution is 2.21. The minimum atomic E-state index is -0.210. The third kappa shape index (κ3) is 4.52. The Labute approximate surface area is 135 Å². The molecular weight excluding hydrogens is 389 g/mol. The highest BCUT2D eigenvalue weighted by molar-refractivity contribution is 14.1. The van der Waals surface area contributed by atoms with Crippen LogP contribution in [0.4, 0.5) is 0 Å². The maximum absolute atomic E-state index is 11.2. The van der Waals surface area contributed by atoms with Crippen molar-refractivity contribution in [2.45, 2.75) is 6.92 Å². The summed E-state index contributed by atoms with van der Waals surface area (Å²) >= 11 is 3.62. The number of benzene rings is 1. The van der Waals surface area contributed by atoms with E-state index in [0.717, 1.165) is 20.2 Å². The Morgan fingerprint density at radius 3 is 3.05 bits per heavy atom. The van der Waals surface area contributed by atoms with E-state index in [9.17, 15) is 4.79 Å². The first-order chi connectivity index (χ1) is 9.69. The van der Waals surface area contributed by atoms with Gasteiger partial charge in [0.1, 0.15) is 11.7 Å². The SMILES string of the molecule is CCOC(=O)CSCOc1ccc2ncc(I)cc2c1. The summed E-state index contributed by atoms with van der Waals surface area (Å²) < 4.78 is 11.5. The van der Waals surface area contributed by atoms with E-state index < -0.39 is 0 Å². The van der Waals surface area contributed by atoms with E-state index in [1.807, 2.05) is 24.4 Å². The molecule has 0 aliphatic rings. The van der Waals surface area contributed by atoms with Crippen molar-refractivity contribution < 1.29 is 14.3 Å². The molecule has 0 fully saturated rings. The van der Waals surface area contributed by atoms with E-state index >= 15 is 0 Å². The van der Waals surface area contributed by atoms with Crippen LogP contribution >= 0.6 is 34.4 Å². The minimum Gasteiger partial charge on any atom is -0.483 e. The number of esters is 1. The lowest BCUT2D eigenvalue weighted by Crippen LogP contribution is -2.08.